The maximum absolute atomic E-state index is 11.0. The molecule has 0 saturated heterocycles. The Bertz CT molecular complexity index is 891. The number of nitrogens with zero attached hydrogens (tertiary/aromatic N) is 2. The van der Waals surface area contributed by atoms with Crippen LogP contribution in [0, 0.1) is 0 Å². The first-order valence-electron chi connectivity index (χ1n) is 5.57. The van der Waals surface area contributed by atoms with E-state index in [-0.39, 0.29) is 33.0 Å². The molecule has 0 unspecified atom stereocenters. The molecule has 0 atom stereocenters. The van der Waals surface area contributed by atoms with Gasteiger partial charge in [-0.25, -0.2) is 0 Å². The summed E-state index contributed by atoms with van der Waals surface area (Å²) in [6, 6.07) is 8.88. The van der Waals surface area contributed by atoms with Gasteiger partial charge in [0, 0.05) is 27.9 Å². The van der Waals surface area contributed by atoms with Crippen molar-refractivity contribution in [3.8, 4) is 16.9 Å². The minimum Gasteiger partial charge on any atom is -0.505 e. The number of hydrogen-bond acceptors (Lipinski definition) is 5. The Morgan fingerprint density at radius 1 is 1.05 bits per heavy atom. The van der Waals surface area contributed by atoms with E-state index >= 15 is 0 Å². The summed E-state index contributed by atoms with van der Waals surface area (Å²) in [6.45, 7) is 0. The summed E-state index contributed by atoms with van der Waals surface area (Å²) < 4.78 is 30.9. The van der Waals surface area contributed by atoms with Gasteiger partial charge in [0.05, 0.1) is 10.4 Å². The van der Waals surface area contributed by atoms with Crippen LogP contribution < -0.4 is 0 Å². The summed E-state index contributed by atoms with van der Waals surface area (Å²) in [6.07, 6.45) is 0. The maximum Gasteiger partial charge on any atom is 0.294 e. The van der Waals surface area contributed by atoms with Gasteiger partial charge in [-0.3, -0.25) is 9.65 Å². The van der Waals surface area contributed by atoms with Crippen LogP contribution in [0.2, 0.25) is 0 Å². The molecule has 0 fully saturated rings. The van der Waals surface area contributed by atoms with Crippen molar-refractivity contribution in [2.75, 3.05) is 0 Å². The topological polar surface area (TPSA) is 116 Å². The van der Waals surface area contributed by atoms with E-state index in [2.05, 4.69) is 15.4 Å². The molecule has 2 aromatic carbocycles. The molecule has 0 aliphatic rings. The number of aromatic nitrogens is 3. The monoisotopic (exact) mass is 398 g/mol. The molecule has 1 radical (unpaired) electrons. The zero-order valence-electron chi connectivity index (χ0n) is 10.3. The fraction of sp³-hybridized carbons (Fsp3) is 0. The molecule has 0 spiro atoms. The number of phenols is 1. The van der Waals surface area contributed by atoms with Crippen molar-refractivity contribution in [3.63, 3.8) is 0 Å². The number of aromatic amines is 1. The summed E-state index contributed by atoms with van der Waals surface area (Å²) >= 11 is 0. The standard InChI is InChI=1S/C12H9N3O4S.Ag/c16-12-9(5-6-10-11(12)14-15-13-10)7-1-3-8(4-2-7)20(17,18)19;/h1-6,16H,(H,13,14,15)(H,17,18,19);. The predicted molar refractivity (Wildman–Crippen MR) is 70.8 cm³/mol. The molecule has 0 bridgehead atoms. The van der Waals surface area contributed by atoms with Crippen LogP contribution >= 0.6 is 0 Å². The van der Waals surface area contributed by atoms with Crippen LogP contribution in [0.5, 0.6) is 5.75 Å². The number of hydrogen-bond donors (Lipinski definition) is 3. The molecule has 0 saturated carbocycles. The summed E-state index contributed by atoms with van der Waals surface area (Å²) in [5.74, 6) is -0.0455. The van der Waals surface area contributed by atoms with Crippen LogP contribution in [0.25, 0.3) is 22.2 Å². The van der Waals surface area contributed by atoms with Crippen LogP contribution in [0.1, 0.15) is 0 Å². The number of fused-ring (bicyclic) bond motifs is 1. The summed E-state index contributed by atoms with van der Waals surface area (Å²) in [5.41, 5.74) is 2.02. The van der Waals surface area contributed by atoms with Crippen LogP contribution in [0.15, 0.2) is 41.3 Å². The van der Waals surface area contributed by atoms with Gasteiger partial charge in [-0.05, 0) is 29.8 Å². The third kappa shape index (κ3) is 2.85. The van der Waals surface area contributed by atoms with Gasteiger partial charge in [0.15, 0.2) is 11.3 Å². The molecule has 1 aromatic heterocycles. The third-order valence-electron chi connectivity index (χ3n) is 2.93. The predicted octanol–water partition coefficient (Wildman–Crippen LogP) is 1.57. The molecule has 0 aliphatic carbocycles. The molecule has 3 aromatic rings. The second kappa shape index (κ2) is 5.58. The maximum atomic E-state index is 11.0. The second-order valence-corrected chi connectivity index (χ2v) is 5.59. The molecule has 21 heavy (non-hydrogen) atoms. The molecular formula is C12H9AgN3O4S. The Morgan fingerprint density at radius 3 is 2.33 bits per heavy atom. The second-order valence-electron chi connectivity index (χ2n) is 4.17. The molecule has 3 rings (SSSR count). The average molecular weight is 399 g/mol. The van der Waals surface area contributed by atoms with Gasteiger partial charge in [0.2, 0.25) is 0 Å². The number of rotatable bonds is 2. The zero-order chi connectivity index (χ0) is 14.3. The molecule has 9 heteroatoms. The Balaban J connectivity index is 0.00000161. The van der Waals surface area contributed by atoms with Crippen molar-refractivity contribution in [1.82, 2.24) is 15.4 Å². The van der Waals surface area contributed by atoms with Crippen LogP contribution in [-0.4, -0.2) is 33.5 Å². The van der Waals surface area contributed by atoms with E-state index in [4.69, 9.17) is 4.55 Å². The van der Waals surface area contributed by atoms with E-state index in [0.717, 1.165) is 0 Å². The first-order valence-corrected chi connectivity index (χ1v) is 7.01. The Kier molecular flexibility index (Phi) is 4.17. The van der Waals surface area contributed by atoms with Crippen molar-refractivity contribution in [3.05, 3.63) is 36.4 Å². The van der Waals surface area contributed by atoms with Crippen molar-refractivity contribution in [2.45, 2.75) is 4.90 Å². The third-order valence-corrected chi connectivity index (χ3v) is 3.80. The van der Waals surface area contributed by atoms with E-state index in [9.17, 15) is 13.5 Å². The molecule has 1 heterocycles. The number of aromatic hydroxyl groups is 1. The molecule has 0 aliphatic heterocycles. The van der Waals surface area contributed by atoms with Gasteiger partial charge in [-0.1, -0.05) is 17.3 Å². The first kappa shape index (κ1) is 15.7. The van der Waals surface area contributed by atoms with Crippen molar-refractivity contribution in [1.29, 1.82) is 0 Å². The van der Waals surface area contributed by atoms with E-state index in [1.165, 1.54) is 24.3 Å². The van der Waals surface area contributed by atoms with Gasteiger partial charge in [-0.15, -0.1) is 5.10 Å². The smallest absolute Gasteiger partial charge is 0.294 e. The number of benzene rings is 2. The summed E-state index contributed by atoms with van der Waals surface area (Å²) in [4.78, 5) is -0.205. The largest absolute Gasteiger partial charge is 0.505 e. The number of nitrogens with one attached hydrogen (secondary N) is 1. The van der Waals surface area contributed by atoms with Crippen molar-refractivity contribution in [2.24, 2.45) is 0 Å². The van der Waals surface area contributed by atoms with Gasteiger partial charge in [0.1, 0.15) is 0 Å². The van der Waals surface area contributed by atoms with Crippen LogP contribution in [0.4, 0.5) is 0 Å². The summed E-state index contributed by atoms with van der Waals surface area (Å²) in [5, 5.41) is 20.1. The van der Waals surface area contributed by atoms with Gasteiger partial charge < -0.3 is 5.11 Å². The Morgan fingerprint density at radius 2 is 1.71 bits per heavy atom. The zero-order valence-corrected chi connectivity index (χ0v) is 12.6. The molecular weight excluding hydrogens is 390 g/mol. The summed E-state index contributed by atoms with van der Waals surface area (Å²) in [7, 11) is -4.23. The molecule has 113 valence electrons. The van der Waals surface area contributed by atoms with E-state index in [0.29, 0.717) is 22.2 Å². The first-order chi connectivity index (χ1) is 9.47. The normalized spacial score (nSPS) is 11.3. The molecule has 3 N–H and O–H groups in total. The van der Waals surface area contributed by atoms with Crippen LogP contribution in [0.3, 0.4) is 0 Å². The fourth-order valence-electron chi connectivity index (χ4n) is 1.94. The average Bonchev–Trinajstić information content (AvgIpc) is 2.88. The number of H-pyrrole nitrogens is 1. The quantitative estimate of drug-likeness (QED) is 0.445. The molecule has 0 amide bonds. The Hall–Kier alpha value is -1.71. The van der Waals surface area contributed by atoms with Crippen molar-refractivity contribution >= 4 is 21.2 Å². The minimum absolute atomic E-state index is 0. The SMILES string of the molecule is O=S(=O)(O)c1ccc(-c2ccc3[nH]nnc3c2O)cc1.[Ag]. The van der Waals surface area contributed by atoms with Gasteiger partial charge in [0.25, 0.3) is 10.1 Å². The minimum atomic E-state index is -4.23. The van der Waals surface area contributed by atoms with Gasteiger partial charge in [-0.2, -0.15) is 8.42 Å². The van der Waals surface area contributed by atoms with E-state index < -0.39 is 10.1 Å². The van der Waals surface area contributed by atoms with E-state index in [1.54, 1.807) is 12.1 Å². The number of phenolic OH excluding ortho intramolecular Hbond substituents is 1. The van der Waals surface area contributed by atoms with Crippen molar-refractivity contribution < 1.29 is 40.5 Å². The van der Waals surface area contributed by atoms with Crippen LogP contribution in [-0.2, 0) is 32.5 Å². The fourth-order valence-corrected chi connectivity index (χ4v) is 2.42. The van der Waals surface area contributed by atoms with E-state index in [1.807, 2.05) is 0 Å². The molecule has 7 nitrogen and oxygen atoms in total. The van der Waals surface area contributed by atoms with Gasteiger partial charge >= 0.3 is 0 Å². The Labute approximate surface area is 135 Å².